The van der Waals surface area contributed by atoms with E-state index in [2.05, 4.69) is 45.2 Å². The Kier molecular flexibility index (Phi) is 10.3. The molecule has 206 valence electrons. The Morgan fingerprint density at radius 3 is 2.44 bits per heavy atom. The van der Waals surface area contributed by atoms with Crippen LogP contribution in [0.5, 0.6) is 5.75 Å². The molecule has 0 spiro atoms. The van der Waals surface area contributed by atoms with E-state index in [1.807, 2.05) is 24.3 Å². The van der Waals surface area contributed by atoms with Gasteiger partial charge in [0.15, 0.2) is 5.78 Å². The number of ether oxygens (including phenoxy) is 1. The number of carbonyl (C=O) groups is 1. The number of Topliss-reactive ketones (excluding diaryl/α,β-unsaturated/α-hetero) is 1. The smallest absolute Gasteiger partial charge is 0.416 e. The lowest BCUT2D eigenvalue weighted by Gasteiger charge is -2.20. The van der Waals surface area contributed by atoms with E-state index in [1.54, 1.807) is 13.2 Å². The number of hydrogen-bond donors (Lipinski definition) is 0. The molecule has 0 aliphatic carbocycles. The summed E-state index contributed by atoms with van der Waals surface area (Å²) in [5, 5.41) is 0. The molecule has 1 atom stereocenters. The first-order chi connectivity index (χ1) is 18.5. The fraction of sp³-hybridized carbons (Fsp3) is 0.324. The van der Waals surface area contributed by atoms with Crippen molar-refractivity contribution in [3.63, 3.8) is 0 Å². The monoisotopic (exact) mass is 534 g/mol. The van der Waals surface area contributed by atoms with Gasteiger partial charge in [-0.3, -0.25) is 4.79 Å². The van der Waals surface area contributed by atoms with Crippen LogP contribution in [0, 0.1) is 13.8 Å². The zero-order chi connectivity index (χ0) is 28.6. The van der Waals surface area contributed by atoms with Gasteiger partial charge in [-0.2, -0.15) is 13.2 Å². The lowest BCUT2D eigenvalue weighted by atomic mass is 9.85. The Balaban J connectivity index is 1.56. The van der Waals surface area contributed by atoms with Crippen LogP contribution in [-0.4, -0.2) is 12.9 Å². The predicted molar refractivity (Wildman–Crippen MR) is 153 cm³/mol. The summed E-state index contributed by atoms with van der Waals surface area (Å²) in [5.41, 5.74) is 5.95. The highest BCUT2D eigenvalue weighted by atomic mass is 19.4. The maximum absolute atomic E-state index is 13.0. The van der Waals surface area contributed by atoms with Gasteiger partial charge in [0.2, 0.25) is 0 Å². The van der Waals surface area contributed by atoms with Gasteiger partial charge in [-0.25, -0.2) is 0 Å². The number of ketones is 1. The highest BCUT2D eigenvalue weighted by Gasteiger charge is 2.30. The van der Waals surface area contributed by atoms with Gasteiger partial charge in [0, 0.05) is 24.3 Å². The fourth-order valence-electron chi connectivity index (χ4n) is 4.92. The third-order valence-corrected chi connectivity index (χ3v) is 7.29. The van der Waals surface area contributed by atoms with E-state index in [-0.39, 0.29) is 18.1 Å². The number of alkyl halides is 3. The number of para-hydroxylation sites is 1. The zero-order valence-electron chi connectivity index (χ0n) is 23.0. The molecule has 0 aliphatic rings. The molecule has 0 heterocycles. The largest absolute Gasteiger partial charge is 0.496 e. The first-order valence-electron chi connectivity index (χ1n) is 13.3. The summed E-state index contributed by atoms with van der Waals surface area (Å²) in [6.45, 7) is 12.2. The lowest BCUT2D eigenvalue weighted by Crippen LogP contribution is -2.07. The van der Waals surface area contributed by atoms with Crippen molar-refractivity contribution in [1.29, 1.82) is 0 Å². The van der Waals surface area contributed by atoms with E-state index in [0.29, 0.717) is 24.0 Å². The number of benzene rings is 3. The van der Waals surface area contributed by atoms with E-state index in [1.165, 1.54) is 22.8 Å². The summed E-state index contributed by atoms with van der Waals surface area (Å²) >= 11 is 0. The first kappa shape index (κ1) is 29.9. The number of aryl methyl sites for hydroxylation is 1. The van der Waals surface area contributed by atoms with Crippen LogP contribution >= 0.6 is 0 Å². The number of hydrogen-bond acceptors (Lipinski definition) is 2. The van der Waals surface area contributed by atoms with Gasteiger partial charge in [0.05, 0.1) is 12.7 Å². The molecule has 0 aromatic heterocycles. The van der Waals surface area contributed by atoms with Crippen LogP contribution in [0.2, 0.25) is 0 Å². The molecular weight excluding hydrogens is 497 g/mol. The number of halogens is 3. The molecule has 5 heteroatoms. The van der Waals surface area contributed by atoms with Gasteiger partial charge in [0.1, 0.15) is 5.75 Å². The van der Waals surface area contributed by atoms with Crippen LogP contribution in [0.1, 0.15) is 65.8 Å². The lowest BCUT2D eigenvalue weighted by molar-refractivity contribution is -0.137. The SMILES string of the molecule is C=CC(CCCCCC(=O)C(=C)Cc1cccc(C(F)(F)F)c1)c1cc(-c2ccccc2OC)cc(C)c1C. The van der Waals surface area contributed by atoms with Gasteiger partial charge in [-0.1, -0.05) is 74.0 Å². The molecule has 3 aromatic rings. The van der Waals surface area contributed by atoms with E-state index < -0.39 is 11.7 Å². The first-order valence-corrected chi connectivity index (χ1v) is 13.3. The second-order valence-corrected chi connectivity index (χ2v) is 10.1. The maximum atomic E-state index is 13.0. The highest BCUT2D eigenvalue weighted by molar-refractivity contribution is 5.95. The van der Waals surface area contributed by atoms with E-state index in [0.717, 1.165) is 48.3 Å². The summed E-state index contributed by atoms with van der Waals surface area (Å²) in [4.78, 5) is 12.6. The Morgan fingerprint density at radius 2 is 1.74 bits per heavy atom. The van der Waals surface area contributed by atoms with Gasteiger partial charge in [-0.05, 0) is 72.2 Å². The highest BCUT2D eigenvalue weighted by Crippen LogP contribution is 2.36. The summed E-state index contributed by atoms with van der Waals surface area (Å²) in [5.74, 6) is 0.926. The Bertz CT molecular complexity index is 1320. The normalized spacial score (nSPS) is 12.2. The van der Waals surface area contributed by atoms with Crippen molar-refractivity contribution in [2.45, 2.75) is 64.5 Å². The van der Waals surface area contributed by atoms with Crippen LogP contribution in [0.15, 0.2) is 85.5 Å². The third kappa shape index (κ3) is 7.95. The van der Waals surface area contributed by atoms with E-state index >= 15 is 0 Å². The van der Waals surface area contributed by atoms with Crippen LogP contribution in [0.3, 0.4) is 0 Å². The quantitative estimate of drug-likeness (QED) is 0.124. The van der Waals surface area contributed by atoms with Crippen LogP contribution < -0.4 is 4.74 Å². The van der Waals surface area contributed by atoms with E-state index in [9.17, 15) is 18.0 Å². The summed E-state index contributed by atoms with van der Waals surface area (Å²) < 4.78 is 44.5. The molecule has 0 fully saturated rings. The molecular formula is C34H37F3O2. The van der Waals surface area contributed by atoms with Crippen LogP contribution in [-0.2, 0) is 17.4 Å². The summed E-state index contributed by atoms with van der Waals surface area (Å²) in [7, 11) is 1.68. The minimum Gasteiger partial charge on any atom is -0.496 e. The Hall–Kier alpha value is -3.60. The molecule has 3 rings (SSSR count). The zero-order valence-corrected chi connectivity index (χ0v) is 23.0. The Labute approximate surface area is 230 Å². The molecule has 0 aliphatic heterocycles. The predicted octanol–water partition coefficient (Wildman–Crippen LogP) is 9.59. The standard InChI is InChI=1S/C34H37F3O2/c1-6-27(31-22-28(20-23(2)25(31)4)30-16-10-11-18-33(30)39-5)14-8-7-9-17-32(38)24(3)19-26-13-12-15-29(21-26)34(35,36)37/h6,10-13,15-16,18,20-22,27H,1,3,7-9,14,17,19H2,2,4-5H3. The van der Waals surface area contributed by atoms with Gasteiger partial charge >= 0.3 is 6.18 Å². The molecule has 0 amide bonds. The average Bonchev–Trinajstić information content (AvgIpc) is 2.92. The molecule has 0 radical (unpaired) electrons. The topological polar surface area (TPSA) is 26.3 Å². The number of methoxy groups -OCH3 is 1. The van der Waals surface area contributed by atoms with Crippen molar-refractivity contribution in [3.05, 3.63) is 113 Å². The van der Waals surface area contributed by atoms with Gasteiger partial charge in [-0.15, -0.1) is 6.58 Å². The Morgan fingerprint density at radius 1 is 1.00 bits per heavy atom. The molecule has 3 aromatic carbocycles. The van der Waals surface area contributed by atoms with E-state index in [4.69, 9.17) is 4.74 Å². The van der Waals surface area contributed by atoms with Crippen LogP contribution in [0.25, 0.3) is 11.1 Å². The van der Waals surface area contributed by atoms with Crippen molar-refractivity contribution >= 4 is 5.78 Å². The van der Waals surface area contributed by atoms with Gasteiger partial charge in [0.25, 0.3) is 0 Å². The van der Waals surface area contributed by atoms with Crippen molar-refractivity contribution in [2.24, 2.45) is 0 Å². The molecule has 0 bridgehead atoms. The number of carbonyl (C=O) groups excluding carboxylic acids is 1. The van der Waals surface area contributed by atoms with Gasteiger partial charge < -0.3 is 4.74 Å². The van der Waals surface area contributed by atoms with Crippen LogP contribution in [0.4, 0.5) is 13.2 Å². The third-order valence-electron chi connectivity index (χ3n) is 7.29. The minimum absolute atomic E-state index is 0.0938. The summed E-state index contributed by atoms with van der Waals surface area (Å²) in [6, 6.07) is 17.5. The number of rotatable bonds is 13. The molecule has 0 saturated carbocycles. The number of allylic oxidation sites excluding steroid dienone is 2. The van der Waals surface area contributed by atoms with Crippen molar-refractivity contribution in [2.75, 3.05) is 7.11 Å². The molecule has 2 nitrogen and oxygen atoms in total. The van der Waals surface area contributed by atoms with Crippen molar-refractivity contribution in [3.8, 4) is 16.9 Å². The minimum atomic E-state index is -4.41. The summed E-state index contributed by atoms with van der Waals surface area (Å²) in [6.07, 6.45) is 1.49. The molecule has 1 unspecified atom stereocenters. The second-order valence-electron chi connectivity index (χ2n) is 10.1. The molecule has 0 N–H and O–H groups in total. The fourth-order valence-corrected chi connectivity index (χ4v) is 4.92. The average molecular weight is 535 g/mol. The molecule has 0 saturated heterocycles. The second kappa shape index (κ2) is 13.5. The van der Waals surface area contributed by atoms with Crippen molar-refractivity contribution in [1.82, 2.24) is 0 Å². The maximum Gasteiger partial charge on any atom is 0.416 e. The number of unbranched alkanes of at least 4 members (excludes halogenated alkanes) is 2. The van der Waals surface area contributed by atoms with Crippen molar-refractivity contribution < 1.29 is 22.7 Å². The molecule has 39 heavy (non-hydrogen) atoms.